The van der Waals surface area contributed by atoms with E-state index in [1.807, 2.05) is 54.6 Å². The standard InChI is InChI=1S/C31H30N2O6/c1-20(2)21-9-13-24(14-10-21)38-19-30(34)33-32-18-26-25-8-6-5-7-22(25)11-15-27(26)39-31(35)23-12-16-28(36-3)29(17-23)37-4/h5-18,20H,19H2,1-4H3,(H,33,34)/b32-18+. The highest BCUT2D eigenvalue weighted by atomic mass is 16.5. The lowest BCUT2D eigenvalue weighted by atomic mass is 10.0. The fraction of sp³-hybridized carbons (Fsp3) is 0.194. The number of rotatable bonds is 10. The molecule has 0 heterocycles. The van der Waals surface area contributed by atoms with Crippen molar-refractivity contribution < 1.29 is 28.5 Å². The molecule has 0 radical (unpaired) electrons. The highest BCUT2D eigenvalue weighted by Crippen LogP contribution is 2.30. The van der Waals surface area contributed by atoms with E-state index in [-0.39, 0.29) is 17.9 Å². The first-order valence-electron chi connectivity index (χ1n) is 12.4. The van der Waals surface area contributed by atoms with Crippen LogP contribution < -0.4 is 24.4 Å². The largest absolute Gasteiger partial charge is 0.493 e. The molecule has 4 aromatic rings. The predicted molar refractivity (Wildman–Crippen MR) is 150 cm³/mol. The van der Waals surface area contributed by atoms with Crippen LogP contribution in [-0.2, 0) is 4.79 Å². The Labute approximate surface area is 227 Å². The Balaban J connectivity index is 1.49. The smallest absolute Gasteiger partial charge is 0.343 e. The van der Waals surface area contributed by atoms with Gasteiger partial charge in [-0.2, -0.15) is 5.10 Å². The fourth-order valence-electron chi connectivity index (χ4n) is 3.92. The number of carbonyl (C=O) groups excluding carboxylic acids is 2. The first-order chi connectivity index (χ1) is 18.9. The number of fused-ring (bicyclic) bond motifs is 1. The van der Waals surface area contributed by atoms with Gasteiger partial charge in [0.1, 0.15) is 11.5 Å². The van der Waals surface area contributed by atoms with Crippen LogP contribution in [0.2, 0.25) is 0 Å². The van der Waals surface area contributed by atoms with Crippen LogP contribution in [-0.4, -0.2) is 38.9 Å². The lowest BCUT2D eigenvalue weighted by molar-refractivity contribution is -0.123. The molecule has 0 spiro atoms. The Kier molecular flexibility index (Phi) is 8.78. The number of methoxy groups -OCH3 is 2. The van der Waals surface area contributed by atoms with Gasteiger partial charge >= 0.3 is 5.97 Å². The maximum Gasteiger partial charge on any atom is 0.343 e. The number of esters is 1. The van der Waals surface area contributed by atoms with Gasteiger partial charge in [0.15, 0.2) is 18.1 Å². The van der Waals surface area contributed by atoms with Gasteiger partial charge in [-0.05, 0) is 58.7 Å². The third-order valence-electron chi connectivity index (χ3n) is 6.05. The van der Waals surface area contributed by atoms with Crippen LogP contribution >= 0.6 is 0 Å². The molecule has 0 bridgehead atoms. The Hall–Kier alpha value is -4.85. The molecule has 0 saturated carbocycles. The number of nitrogens with one attached hydrogen (secondary N) is 1. The highest BCUT2D eigenvalue weighted by Gasteiger charge is 2.16. The second kappa shape index (κ2) is 12.6. The second-order valence-electron chi connectivity index (χ2n) is 8.96. The molecule has 8 nitrogen and oxygen atoms in total. The zero-order valence-electron chi connectivity index (χ0n) is 22.3. The first-order valence-corrected chi connectivity index (χ1v) is 12.4. The van der Waals surface area contributed by atoms with Crippen molar-refractivity contribution in [1.82, 2.24) is 5.43 Å². The first kappa shape index (κ1) is 27.2. The van der Waals surface area contributed by atoms with Crippen molar-refractivity contribution >= 4 is 28.9 Å². The summed E-state index contributed by atoms with van der Waals surface area (Å²) in [6, 6.07) is 23.5. The molecule has 0 aliphatic carbocycles. The predicted octanol–water partition coefficient (Wildman–Crippen LogP) is 5.73. The van der Waals surface area contributed by atoms with Gasteiger partial charge in [-0.25, -0.2) is 10.2 Å². The Morgan fingerprint density at radius 2 is 1.59 bits per heavy atom. The Bertz CT molecular complexity index is 1500. The quantitative estimate of drug-likeness (QED) is 0.123. The van der Waals surface area contributed by atoms with E-state index in [4.69, 9.17) is 18.9 Å². The summed E-state index contributed by atoms with van der Waals surface area (Å²) >= 11 is 0. The molecule has 8 heteroatoms. The summed E-state index contributed by atoms with van der Waals surface area (Å²) in [5.74, 6) is 1.19. The number of hydrazone groups is 1. The number of ether oxygens (including phenoxy) is 4. The molecule has 1 amide bonds. The molecule has 0 aliphatic rings. The average molecular weight is 527 g/mol. The van der Waals surface area contributed by atoms with E-state index in [1.54, 1.807) is 24.3 Å². The van der Waals surface area contributed by atoms with Crippen LogP contribution in [0.25, 0.3) is 10.8 Å². The van der Waals surface area contributed by atoms with Gasteiger partial charge in [-0.3, -0.25) is 4.79 Å². The molecule has 4 aromatic carbocycles. The minimum atomic E-state index is -0.582. The summed E-state index contributed by atoms with van der Waals surface area (Å²) in [5.41, 5.74) is 4.48. The number of carbonyl (C=O) groups is 2. The lowest BCUT2D eigenvalue weighted by Crippen LogP contribution is -2.24. The maximum atomic E-state index is 13.0. The van der Waals surface area contributed by atoms with E-state index in [1.165, 1.54) is 26.0 Å². The van der Waals surface area contributed by atoms with Crippen LogP contribution in [0.15, 0.2) is 84.0 Å². The van der Waals surface area contributed by atoms with Crippen LogP contribution in [0.1, 0.15) is 41.3 Å². The van der Waals surface area contributed by atoms with Gasteiger partial charge in [-0.15, -0.1) is 0 Å². The normalized spacial score (nSPS) is 11.0. The second-order valence-corrected chi connectivity index (χ2v) is 8.96. The van der Waals surface area contributed by atoms with Crippen LogP contribution in [0, 0.1) is 0 Å². The van der Waals surface area contributed by atoms with Crippen molar-refractivity contribution in [2.45, 2.75) is 19.8 Å². The Morgan fingerprint density at radius 3 is 2.31 bits per heavy atom. The molecule has 0 unspecified atom stereocenters. The van der Waals surface area contributed by atoms with Crippen LogP contribution in [0.5, 0.6) is 23.0 Å². The molecular weight excluding hydrogens is 496 g/mol. The SMILES string of the molecule is COc1ccc(C(=O)Oc2ccc3ccccc3c2/C=N/NC(=O)COc2ccc(C(C)C)cc2)cc1OC. The molecule has 0 fully saturated rings. The molecule has 200 valence electrons. The third-order valence-corrected chi connectivity index (χ3v) is 6.05. The van der Waals surface area contributed by atoms with Gasteiger partial charge in [0.25, 0.3) is 5.91 Å². The van der Waals surface area contributed by atoms with Crippen LogP contribution in [0.4, 0.5) is 0 Å². The van der Waals surface area contributed by atoms with E-state index in [2.05, 4.69) is 24.4 Å². The van der Waals surface area contributed by atoms with Crippen molar-refractivity contribution in [3.63, 3.8) is 0 Å². The molecular formula is C31H30N2O6. The van der Waals surface area contributed by atoms with E-state index >= 15 is 0 Å². The van der Waals surface area contributed by atoms with E-state index in [9.17, 15) is 9.59 Å². The van der Waals surface area contributed by atoms with Crippen molar-refractivity contribution in [3.05, 3.63) is 95.6 Å². The van der Waals surface area contributed by atoms with Crippen molar-refractivity contribution in [2.24, 2.45) is 5.10 Å². The summed E-state index contributed by atoms with van der Waals surface area (Å²) < 4.78 is 21.8. The molecule has 0 saturated heterocycles. The summed E-state index contributed by atoms with van der Waals surface area (Å²) in [5, 5.41) is 5.82. The molecule has 0 aliphatic heterocycles. The van der Waals surface area contributed by atoms with Gasteiger partial charge in [0.05, 0.1) is 26.0 Å². The summed E-state index contributed by atoms with van der Waals surface area (Å²) in [7, 11) is 3.01. The lowest BCUT2D eigenvalue weighted by Gasteiger charge is -2.12. The van der Waals surface area contributed by atoms with Gasteiger partial charge < -0.3 is 18.9 Å². The van der Waals surface area contributed by atoms with E-state index in [0.717, 1.165) is 10.8 Å². The van der Waals surface area contributed by atoms with Gasteiger partial charge in [-0.1, -0.05) is 56.3 Å². The van der Waals surface area contributed by atoms with E-state index < -0.39 is 11.9 Å². The number of hydrogen-bond donors (Lipinski definition) is 1. The number of hydrogen-bond acceptors (Lipinski definition) is 7. The minimum Gasteiger partial charge on any atom is -0.493 e. The Morgan fingerprint density at radius 1 is 0.872 bits per heavy atom. The minimum absolute atomic E-state index is 0.199. The number of amides is 1. The van der Waals surface area contributed by atoms with Crippen molar-refractivity contribution in [2.75, 3.05) is 20.8 Å². The topological polar surface area (TPSA) is 95.5 Å². The zero-order chi connectivity index (χ0) is 27.8. The summed E-state index contributed by atoms with van der Waals surface area (Å²) in [6.45, 7) is 4.02. The van der Waals surface area contributed by atoms with Crippen molar-refractivity contribution in [3.8, 4) is 23.0 Å². The molecule has 39 heavy (non-hydrogen) atoms. The number of nitrogens with zero attached hydrogens (tertiary/aromatic N) is 1. The van der Waals surface area contributed by atoms with Gasteiger partial charge in [0.2, 0.25) is 0 Å². The monoisotopic (exact) mass is 526 g/mol. The molecule has 0 atom stereocenters. The summed E-state index contributed by atoms with van der Waals surface area (Å²) in [4.78, 5) is 25.3. The van der Waals surface area contributed by atoms with E-state index in [0.29, 0.717) is 28.7 Å². The maximum absolute atomic E-state index is 13.0. The average Bonchev–Trinajstić information content (AvgIpc) is 2.96. The highest BCUT2D eigenvalue weighted by molar-refractivity contribution is 6.04. The van der Waals surface area contributed by atoms with Crippen molar-refractivity contribution in [1.29, 1.82) is 0 Å². The molecule has 0 aromatic heterocycles. The zero-order valence-corrected chi connectivity index (χ0v) is 22.3. The molecule has 1 N–H and O–H groups in total. The van der Waals surface area contributed by atoms with Gasteiger partial charge in [0, 0.05) is 5.56 Å². The third kappa shape index (κ3) is 6.73. The van der Waals surface area contributed by atoms with Crippen LogP contribution in [0.3, 0.4) is 0 Å². The fourth-order valence-corrected chi connectivity index (χ4v) is 3.92. The number of benzene rings is 4. The molecule has 4 rings (SSSR count). The summed E-state index contributed by atoms with van der Waals surface area (Å²) in [6.07, 6.45) is 1.45.